The highest BCUT2D eigenvalue weighted by Gasteiger charge is 2.12. The molecule has 0 saturated carbocycles. The molecular weight excluding hydrogens is 141 g/mol. The third kappa shape index (κ3) is 5.86. The van der Waals surface area contributed by atoms with Crippen molar-refractivity contribution in [2.75, 3.05) is 12.8 Å². The Morgan fingerprint density at radius 2 is 2.22 bits per heavy atom. The molecule has 0 aliphatic carbocycles. The molecule has 0 aromatic heterocycles. The first-order valence-corrected chi connectivity index (χ1v) is 4.06. The normalized spacial score (nSPS) is 15.2. The highest BCUT2D eigenvalue weighted by molar-refractivity contribution is 7.37. The average molecular weight is 152 g/mol. The van der Waals surface area contributed by atoms with Crippen LogP contribution >= 0.6 is 8.03 Å². The Labute approximate surface area is 54.6 Å². The van der Waals surface area contributed by atoms with E-state index in [4.69, 9.17) is 15.7 Å². The van der Waals surface area contributed by atoms with Crippen molar-refractivity contribution in [2.45, 2.75) is 12.5 Å². The van der Waals surface area contributed by atoms with Gasteiger partial charge in [0, 0.05) is 12.5 Å². The zero-order chi connectivity index (χ0) is 7.28. The van der Waals surface area contributed by atoms with Gasteiger partial charge in [0.05, 0.1) is 6.61 Å². The molecule has 1 unspecified atom stereocenters. The van der Waals surface area contributed by atoms with Crippen molar-refractivity contribution in [2.24, 2.45) is 5.73 Å². The first-order chi connectivity index (χ1) is 4.16. The lowest BCUT2D eigenvalue weighted by atomic mass is 10.3. The molecule has 4 N–H and O–H groups in total. The van der Waals surface area contributed by atoms with Crippen LogP contribution in [0.15, 0.2) is 0 Å². The maximum Gasteiger partial charge on any atom is 0.505 e. The zero-order valence-corrected chi connectivity index (χ0v) is 5.92. The van der Waals surface area contributed by atoms with Gasteiger partial charge in [-0.1, -0.05) is 0 Å². The molecule has 9 heavy (non-hydrogen) atoms. The van der Waals surface area contributed by atoms with E-state index >= 15 is 0 Å². The van der Waals surface area contributed by atoms with Crippen molar-refractivity contribution in [1.82, 2.24) is 0 Å². The van der Waals surface area contributed by atoms with Crippen LogP contribution in [0.25, 0.3) is 0 Å². The fourth-order valence-corrected chi connectivity index (χ4v) is 0.920. The molecule has 0 amide bonds. The summed E-state index contributed by atoms with van der Waals surface area (Å²) in [6.07, 6.45) is 0.583. The van der Waals surface area contributed by atoms with Crippen molar-refractivity contribution in [3.05, 3.63) is 0 Å². The summed E-state index contributed by atoms with van der Waals surface area (Å²) in [7, 11) is -2.08. The van der Waals surface area contributed by atoms with E-state index in [2.05, 4.69) is 0 Å². The SMILES string of the molecule is N[C@H](CO)CC[P+](=O)O. The van der Waals surface area contributed by atoms with Gasteiger partial charge in [-0.05, 0) is 4.57 Å². The first-order valence-electron chi connectivity index (χ1n) is 2.66. The van der Waals surface area contributed by atoms with Gasteiger partial charge in [0.1, 0.15) is 0 Å². The predicted molar refractivity (Wildman–Crippen MR) is 34.4 cm³/mol. The summed E-state index contributed by atoms with van der Waals surface area (Å²) < 4.78 is 10.0. The van der Waals surface area contributed by atoms with Crippen LogP contribution < -0.4 is 5.73 Å². The zero-order valence-electron chi connectivity index (χ0n) is 5.03. The molecule has 0 radical (unpaired) electrons. The van der Waals surface area contributed by atoms with Crippen molar-refractivity contribution < 1.29 is 14.6 Å². The lowest BCUT2D eigenvalue weighted by molar-refractivity contribution is 0.263. The minimum absolute atomic E-state index is 0.122. The Morgan fingerprint density at radius 3 is 2.56 bits per heavy atom. The second kappa shape index (κ2) is 4.82. The largest absolute Gasteiger partial charge is 0.505 e. The second-order valence-electron chi connectivity index (χ2n) is 1.81. The van der Waals surface area contributed by atoms with Crippen molar-refractivity contribution in [3.8, 4) is 0 Å². The summed E-state index contributed by atoms with van der Waals surface area (Å²) in [6, 6.07) is -0.351. The van der Waals surface area contributed by atoms with Crippen LogP contribution in [-0.2, 0) is 4.57 Å². The summed E-state index contributed by atoms with van der Waals surface area (Å²) >= 11 is 0. The van der Waals surface area contributed by atoms with Gasteiger partial charge in [0.25, 0.3) is 0 Å². The highest BCUT2D eigenvalue weighted by atomic mass is 31.1. The van der Waals surface area contributed by atoms with E-state index in [0.29, 0.717) is 6.42 Å². The van der Waals surface area contributed by atoms with Crippen molar-refractivity contribution in [3.63, 3.8) is 0 Å². The van der Waals surface area contributed by atoms with Crippen LogP contribution in [-0.4, -0.2) is 28.8 Å². The first kappa shape index (κ1) is 8.98. The number of hydrogen-bond donors (Lipinski definition) is 3. The standard InChI is InChI=1S/C4H10NO3P/c5-4(3-6)1-2-9(7)8/h4,6H,1-3,5H2/p+1/t4-/m0/s1. The molecule has 0 aromatic rings. The van der Waals surface area contributed by atoms with Gasteiger partial charge in [-0.15, -0.1) is 0 Å². The van der Waals surface area contributed by atoms with Crippen LogP contribution in [0.4, 0.5) is 0 Å². The Hall–Kier alpha value is -0.0200. The van der Waals surface area contributed by atoms with E-state index in [1.807, 2.05) is 0 Å². The predicted octanol–water partition coefficient (Wildman–Crippen LogP) is -0.569. The maximum absolute atomic E-state index is 10.0. The van der Waals surface area contributed by atoms with E-state index in [1.54, 1.807) is 0 Å². The summed E-state index contributed by atoms with van der Waals surface area (Å²) in [6.45, 7) is -0.122. The molecule has 0 bridgehead atoms. The lowest BCUT2D eigenvalue weighted by Gasteiger charge is -1.99. The third-order valence-electron chi connectivity index (χ3n) is 0.926. The van der Waals surface area contributed by atoms with Gasteiger partial charge < -0.3 is 10.8 Å². The maximum atomic E-state index is 10.0. The summed E-state index contributed by atoms with van der Waals surface area (Å²) in [5.74, 6) is 0. The Kier molecular flexibility index (Phi) is 4.81. The Bertz CT molecular complexity index is 97.8. The van der Waals surface area contributed by atoms with Crippen LogP contribution in [0, 0.1) is 0 Å². The van der Waals surface area contributed by atoms with Gasteiger partial charge in [0.15, 0.2) is 6.16 Å². The van der Waals surface area contributed by atoms with Crippen molar-refractivity contribution >= 4 is 8.03 Å². The molecule has 0 aromatic carbocycles. The smallest absolute Gasteiger partial charge is 0.395 e. The molecule has 0 aliphatic heterocycles. The fourth-order valence-electron chi connectivity index (χ4n) is 0.368. The molecule has 0 aliphatic rings. The molecule has 4 nitrogen and oxygen atoms in total. The molecule has 0 spiro atoms. The summed E-state index contributed by atoms with van der Waals surface area (Å²) in [4.78, 5) is 8.27. The molecule has 0 rings (SSSR count). The van der Waals surface area contributed by atoms with Gasteiger partial charge in [-0.2, -0.15) is 4.89 Å². The number of rotatable bonds is 4. The number of aliphatic hydroxyl groups is 1. The monoisotopic (exact) mass is 152 g/mol. The lowest BCUT2D eigenvalue weighted by Crippen LogP contribution is -2.24. The molecule has 54 valence electrons. The van der Waals surface area contributed by atoms with Gasteiger partial charge in [-0.3, -0.25) is 0 Å². The van der Waals surface area contributed by atoms with Gasteiger partial charge in [-0.25, -0.2) is 0 Å². The van der Waals surface area contributed by atoms with Crippen LogP contribution in [0.3, 0.4) is 0 Å². The second-order valence-corrected chi connectivity index (χ2v) is 2.96. The summed E-state index contributed by atoms with van der Waals surface area (Å²) in [5.41, 5.74) is 5.23. The van der Waals surface area contributed by atoms with Crippen LogP contribution in [0.1, 0.15) is 6.42 Å². The number of nitrogens with two attached hydrogens (primary N) is 1. The third-order valence-corrected chi connectivity index (χ3v) is 1.57. The number of aliphatic hydroxyl groups excluding tert-OH is 1. The van der Waals surface area contributed by atoms with Gasteiger partial charge >= 0.3 is 8.03 Å². The van der Waals surface area contributed by atoms with Crippen LogP contribution in [0.5, 0.6) is 0 Å². The van der Waals surface area contributed by atoms with E-state index in [9.17, 15) is 4.57 Å². The molecular formula is C4H11NO3P+. The Morgan fingerprint density at radius 1 is 1.67 bits per heavy atom. The van der Waals surface area contributed by atoms with E-state index < -0.39 is 8.03 Å². The minimum Gasteiger partial charge on any atom is -0.395 e. The van der Waals surface area contributed by atoms with E-state index in [1.165, 1.54) is 0 Å². The topological polar surface area (TPSA) is 83.5 Å². The van der Waals surface area contributed by atoms with E-state index in [-0.39, 0.29) is 18.8 Å². The summed E-state index contributed by atoms with van der Waals surface area (Å²) in [5, 5.41) is 8.35. The van der Waals surface area contributed by atoms with Crippen LogP contribution in [0.2, 0.25) is 0 Å². The van der Waals surface area contributed by atoms with Crippen molar-refractivity contribution in [1.29, 1.82) is 0 Å². The fraction of sp³-hybridized carbons (Fsp3) is 1.00. The molecule has 0 fully saturated rings. The molecule has 2 atom stereocenters. The van der Waals surface area contributed by atoms with E-state index in [0.717, 1.165) is 0 Å². The Balaban J connectivity index is 3.16. The average Bonchev–Trinajstić information content (AvgIpc) is 1.83. The quantitative estimate of drug-likeness (QED) is 0.471. The minimum atomic E-state index is -2.08. The molecule has 0 heterocycles. The highest BCUT2D eigenvalue weighted by Crippen LogP contribution is 2.13. The van der Waals surface area contributed by atoms with Gasteiger partial charge in [0.2, 0.25) is 0 Å². The number of hydrogen-bond acceptors (Lipinski definition) is 3. The molecule has 5 heteroatoms. The molecule has 0 saturated heterocycles.